The fourth-order valence-corrected chi connectivity index (χ4v) is 6.83. The minimum atomic E-state index is -0.747. The lowest BCUT2D eigenvalue weighted by atomic mass is 9.86. The van der Waals surface area contributed by atoms with Crippen LogP contribution in [0, 0.1) is 0 Å². The van der Waals surface area contributed by atoms with E-state index < -0.39 is 11.5 Å². The van der Waals surface area contributed by atoms with E-state index in [2.05, 4.69) is 37.8 Å². The number of H-pyrrole nitrogens is 1. The normalized spacial score (nSPS) is 14.5. The molecular formula is C44H61N7O7. The highest BCUT2D eigenvalue weighted by molar-refractivity contribution is 5.95. The number of likely N-dealkylation sites (tertiary alicyclic amines) is 1. The van der Waals surface area contributed by atoms with E-state index in [0.29, 0.717) is 64.1 Å². The number of aromatic nitrogens is 4. The number of ether oxygens (including phenoxy) is 4. The van der Waals surface area contributed by atoms with Gasteiger partial charge in [0, 0.05) is 61.9 Å². The number of carbonyl (C=O) groups is 2. The Labute approximate surface area is 342 Å². The van der Waals surface area contributed by atoms with Crippen LogP contribution < -0.4 is 15.4 Å². The highest BCUT2D eigenvalue weighted by Gasteiger charge is 2.39. The Morgan fingerprint density at radius 2 is 1.48 bits per heavy atom. The Morgan fingerprint density at radius 3 is 2.19 bits per heavy atom. The number of nitrogens with one attached hydrogen (secondary N) is 3. The van der Waals surface area contributed by atoms with Crippen molar-refractivity contribution in [2.45, 2.75) is 82.7 Å². The second-order valence-corrected chi connectivity index (χ2v) is 14.9. The van der Waals surface area contributed by atoms with E-state index in [-0.39, 0.29) is 18.4 Å². The number of aliphatic carboxylic acids is 1. The molecule has 314 valence electrons. The molecule has 1 aliphatic rings. The molecule has 14 heteroatoms. The van der Waals surface area contributed by atoms with Crippen molar-refractivity contribution in [3.8, 4) is 17.1 Å². The summed E-state index contributed by atoms with van der Waals surface area (Å²) in [5.41, 5.74) is 2.82. The minimum Gasteiger partial charge on any atom is -0.494 e. The van der Waals surface area contributed by atoms with E-state index in [1.165, 1.54) is 0 Å². The number of pyridine rings is 1. The van der Waals surface area contributed by atoms with Gasteiger partial charge in [0.25, 0.3) is 5.91 Å². The molecule has 0 radical (unpaired) electrons. The molecule has 5 rings (SSSR count). The first-order valence-electron chi connectivity index (χ1n) is 20.7. The Kier molecular flexibility index (Phi) is 18.4. The predicted octanol–water partition coefficient (Wildman–Crippen LogP) is 7.02. The van der Waals surface area contributed by atoms with E-state index in [0.717, 1.165) is 92.8 Å². The molecule has 4 N–H and O–H groups in total. The fraction of sp³-hybridized carbons (Fsp3) is 0.523. The standard InChI is InChI=1S/C44H61N7O7/c1-34(36-12-11-15-39(33-36)58-27-9-4-3-7-25-55-28-30-57-31-29-56-26-8-5-6-16-40(52)53)46-42(54)37-13-10-14-38(32-37)48-44(19-23-51(2)24-20-44)43-47-41(49-50-43)35-17-21-45-22-18-35/h10-15,17-18,21-22,32-34,48H,3-9,16,19-20,23-31H2,1-2H3,(H,46,54)(H,52,53)(H,47,49,50)/t34-/m0/s1. The predicted molar refractivity (Wildman–Crippen MR) is 223 cm³/mol. The van der Waals surface area contributed by atoms with Gasteiger partial charge in [-0.1, -0.05) is 31.0 Å². The first-order valence-corrected chi connectivity index (χ1v) is 20.7. The second-order valence-electron chi connectivity index (χ2n) is 14.9. The molecule has 58 heavy (non-hydrogen) atoms. The van der Waals surface area contributed by atoms with Gasteiger partial charge < -0.3 is 39.6 Å². The molecule has 0 spiro atoms. The monoisotopic (exact) mass is 799 g/mol. The van der Waals surface area contributed by atoms with Gasteiger partial charge in [-0.25, -0.2) is 4.98 Å². The number of aromatic amines is 1. The molecule has 1 saturated heterocycles. The van der Waals surface area contributed by atoms with Crippen LogP contribution in [-0.4, -0.2) is 108 Å². The third-order valence-corrected chi connectivity index (χ3v) is 10.3. The summed E-state index contributed by atoms with van der Waals surface area (Å²) in [6, 6.07) is 19.1. The molecule has 1 aliphatic heterocycles. The van der Waals surface area contributed by atoms with Gasteiger partial charge in [0.1, 0.15) is 5.75 Å². The number of benzene rings is 2. The van der Waals surface area contributed by atoms with Crippen molar-refractivity contribution in [1.29, 1.82) is 0 Å². The molecule has 1 fully saturated rings. The van der Waals surface area contributed by atoms with Crippen molar-refractivity contribution in [2.75, 3.05) is 71.7 Å². The van der Waals surface area contributed by atoms with Crippen molar-refractivity contribution in [3.05, 3.63) is 90.0 Å². The summed E-state index contributed by atoms with van der Waals surface area (Å²) < 4.78 is 22.8. The van der Waals surface area contributed by atoms with Crippen LogP contribution in [0.2, 0.25) is 0 Å². The lowest BCUT2D eigenvalue weighted by Gasteiger charge is -2.40. The van der Waals surface area contributed by atoms with Crippen LogP contribution in [0.5, 0.6) is 5.75 Å². The number of hydrogen-bond acceptors (Lipinski definition) is 11. The molecule has 0 bridgehead atoms. The maximum atomic E-state index is 13.5. The number of anilines is 1. The van der Waals surface area contributed by atoms with Gasteiger partial charge in [-0.2, -0.15) is 5.10 Å². The second kappa shape index (κ2) is 24.1. The molecule has 14 nitrogen and oxygen atoms in total. The van der Waals surface area contributed by atoms with Gasteiger partial charge in [0.15, 0.2) is 11.6 Å². The van der Waals surface area contributed by atoms with Crippen molar-refractivity contribution in [1.82, 2.24) is 30.4 Å². The number of carboxylic acids is 1. The van der Waals surface area contributed by atoms with Crippen LogP contribution in [0.1, 0.15) is 98.9 Å². The van der Waals surface area contributed by atoms with E-state index >= 15 is 0 Å². The van der Waals surface area contributed by atoms with E-state index in [1.807, 2.05) is 67.6 Å². The zero-order valence-corrected chi connectivity index (χ0v) is 34.1. The Bertz CT molecular complexity index is 1800. The van der Waals surface area contributed by atoms with Crippen molar-refractivity contribution >= 4 is 17.6 Å². The van der Waals surface area contributed by atoms with Crippen LogP contribution in [0.25, 0.3) is 11.4 Å². The zero-order valence-electron chi connectivity index (χ0n) is 34.1. The number of rotatable bonds is 27. The largest absolute Gasteiger partial charge is 0.494 e. The molecule has 0 aliphatic carbocycles. The lowest BCUT2D eigenvalue weighted by Crippen LogP contribution is -2.46. The highest BCUT2D eigenvalue weighted by atomic mass is 16.5. The minimum absolute atomic E-state index is 0.152. The summed E-state index contributed by atoms with van der Waals surface area (Å²) in [6.07, 6.45) is 11.8. The molecule has 4 aromatic rings. The Balaban J connectivity index is 0.976. The third-order valence-electron chi connectivity index (χ3n) is 10.3. The van der Waals surface area contributed by atoms with E-state index in [4.69, 9.17) is 29.0 Å². The maximum Gasteiger partial charge on any atom is 0.303 e. The highest BCUT2D eigenvalue weighted by Crippen LogP contribution is 2.35. The summed E-state index contributed by atoms with van der Waals surface area (Å²) >= 11 is 0. The number of amides is 1. The van der Waals surface area contributed by atoms with E-state index in [1.54, 1.807) is 12.4 Å². The molecule has 0 saturated carbocycles. The smallest absolute Gasteiger partial charge is 0.303 e. The summed E-state index contributed by atoms with van der Waals surface area (Å²) in [5.74, 6) is 1.30. The van der Waals surface area contributed by atoms with Gasteiger partial charge >= 0.3 is 5.97 Å². The van der Waals surface area contributed by atoms with Crippen LogP contribution in [-0.2, 0) is 24.5 Å². The van der Waals surface area contributed by atoms with Crippen LogP contribution in [0.4, 0.5) is 5.69 Å². The van der Waals surface area contributed by atoms with Crippen molar-refractivity contribution in [2.24, 2.45) is 0 Å². The SMILES string of the molecule is C[C@H](NC(=O)c1cccc(NC2(c3nc(-c4ccncc4)n[nH]3)CCN(C)CC2)c1)c1cccc(OCCCCCCOCCOCCOCCCCCC(=O)O)c1. The Morgan fingerprint density at radius 1 is 0.828 bits per heavy atom. The summed E-state index contributed by atoms with van der Waals surface area (Å²) in [7, 11) is 2.13. The average Bonchev–Trinajstić information content (AvgIpc) is 3.75. The summed E-state index contributed by atoms with van der Waals surface area (Å²) in [5, 5.41) is 23.3. The number of hydrogen-bond donors (Lipinski definition) is 4. The quantitative estimate of drug-likeness (QED) is 0.0455. The first kappa shape index (κ1) is 44.2. The average molecular weight is 800 g/mol. The topological polar surface area (TPSA) is 173 Å². The lowest BCUT2D eigenvalue weighted by molar-refractivity contribution is -0.137. The summed E-state index contributed by atoms with van der Waals surface area (Å²) in [4.78, 5) is 35.4. The zero-order chi connectivity index (χ0) is 40.8. The molecule has 0 unspecified atom stereocenters. The van der Waals surface area contributed by atoms with Gasteiger partial charge in [0.05, 0.1) is 44.6 Å². The van der Waals surface area contributed by atoms with Crippen molar-refractivity contribution in [3.63, 3.8) is 0 Å². The molecule has 2 aromatic heterocycles. The van der Waals surface area contributed by atoms with Crippen molar-refractivity contribution < 1.29 is 33.6 Å². The van der Waals surface area contributed by atoms with E-state index in [9.17, 15) is 9.59 Å². The fourth-order valence-electron chi connectivity index (χ4n) is 6.83. The van der Waals surface area contributed by atoms with Gasteiger partial charge in [0.2, 0.25) is 0 Å². The molecular weight excluding hydrogens is 739 g/mol. The third kappa shape index (κ3) is 14.8. The first-order chi connectivity index (χ1) is 28.3. The maximum absolute atomic E-state index is 13.5. The van der Waals surface area contributed by atoms with Gasteiger partial charge in [-0.3, -0.25) is 19.7 Å². The van der Waals surface area contributed by atoms with Crippen LogP contribution in [0.15, 0.2) is 73.1 Å². The number of unbranched alkanes of at least 4 members (excludes halogenated alkanes) is 5. The molecule has 1 atom stereocenters. The van der Waals surface area contributed by atoms with Gasteiger partial charge in [-0.05, 0) is 107 Å². The molecule has 2 aromatic carbocycles. The Hall–Kier alpha value is -4.89. The molecule has 3 heterocycles. The van der Waals surface area contributed by atoms with Crippen LogP contribution >= 0.6 is 0 Å². The number of nitrogens with zero attached hydrogens (tertiary/aromatic N) is 4. The summed E-state index contributed by atoms with van der Waals surface area (Å²) in [6.45, 7) is 7.92. The molecule has 1 amide bonds. The number of carbonyl (C=O) groups excluding carboxylic acids is 1. The number of carboxylic acid groups (broad SMARTS) is 1. The number of piperidine rings is 1. The van der Waals surface area contributed by atoms with Crippen LogP contribution in [0.3, 0.4) is 0 Å². The van der Waals surface area contributed by atoms with Gasteiger partial charge in [-0.15, -0.1) is 0 Å².